The molecule has 0 saturated heterocycles. The number of alkyl halides is 1. The first-order valence-electron chi connectivity index (χ1n) is 7.42. The molecular weight excluding hydrogens is 357 g/mol. The van der Waals surface area contributed by atoms with E-state index in [9.17, 15) is 9.65 Å². The van der Waals surface area contributed by atoms with Gasteiger partial charge in [0.15, 0.2) is 0 Å². The van der Waals surface area contributed by atoms with Gasteiger partial charge in [0, 0.05) is 28.1 Å². The lowest BCUT2D eigenvalue weighted by atomic mass is 9.89. The zero-order chi connectivity index (χ0) is 16.4. The van der Waals surface area contributed by atoms with E-state index in [0.717, 1.165) is 33.2 Å². The second-order valence-electron chi connectivity index (χ2n) is 5.37. The molecule has 0 atom stereocenters. The average molecular weight is 372 g/mol. The van der Waals surface area contributed by atoms with E-state index in [-0.39, 0.29) is 5.82 Å². The molecule has 0 bridgehead atoms. The number of nitrogens with zero attached hydrogens (tertiary/aromatic N) is 1. The predicted octanol–water partition coefficient (Wildman–Crippen LogP) is 5.35. The molecular formula is C19H15BrFNO. The summed E-state index contributed by atoms with van der Waals surface area (Å²) in [5.41, 5.74) is 5.43. The monoisotopic (exact) mass is 371 g/mol. The third-order valence-corrected chi connectivity index (χ3v) is 4.63. The van der Waals surface area contributed by atoms with Crippen molar-refractivity contribution in [1.29, 1.82) is 5.26 Å². The third-order valence-electron chi connectivity index (χ3n) is 3.98. The molecule has 0 saturated carbocycles. The first kappa shape index (κ1) is 15.8. The fourth-order valence-corrected chi connectivity index (χ4v) is 3.20. The van der Waals surface area contributed by atoms with Crippen molar-refractivity contribution in [3.8, 4) is 11.8 Å². The summed E-state index contributed by atoms with van der Waals surface area (Å²) in [4.78, 5) is 0. The van der Waals surface area contributed by atoms with Gasteiger partial charge in [0.2, 0.25) is 0 Å². The van der Waals surface area contributed by atoms with E-state index in [4.69, 9.17) is 4.74 Å². The molecule has 0 N–H and O–H groups in total. The van der Waals surface area contributed by atoms with Crippen molar-refractivity contribution in [1.82, 2.24) is 0 Å². The van der Waals surface area contributed by atoms with E-state index in [1.165, 1.54) is 12.1 Å². The summed E-state index contributed by atoms with van der Waals surface area (Å²) in [6, 6.07) is 12.9. The first-order chi connectivity index (χ1) is 11.2. The number of hydrogen-bond donors (Lipinski definition) is 0. The highest BCUT2D eigenvalue weighted by molar-refractivity contribution is 9.08. The highest BCUT2D eigenvalue weighted by Crippen LogP contribution is 2.39. The maximum absolute atomic E-state index is 13.6. The average Bonchev–Trinajstić information content (AvgIpc) is 2.73. The van der Waals surface area contributed by atoms with Crippen molar-refractivity contribution in [3.63, 3.8) is 0 Å². The maximum Gasteiger partial charge on any atom is 0.130 e. The minimum Gasteiger partial charge on any atom is -0.488 e. The van der Waals surface area contributed by atoms with Gasteiger partial charge in [0.1, 0.15) is 18.2 Å². The molecule has 2 aromatic rings. The van der Waals surface area contributed by atoms with Crippen LogP contribution in [0.3, 0.4) is 0 Å². The Bertz CT molecular complexity index is 836. The number of nitriles is 1. The Labute approximate surface area is 143 Å². The second-order valence-corrected chi connectivity index (χ2v) is 5.93. The van der Waals surface area contributed by atoms with Crippen LogP contribution in [0.25, 0.3) is 5.57 Å². The van der Waals surface area contributed by atoms with Crippen LogP contribution in [0, 0.1) is 17.1 Å². The minimum absolute atomic E-state index is 0.342. The fraction of sp³-hybridized carbons (Fsp3) is 0.211. The number of rotatable bonds is 2. The van der Waals surface area contributed by atoms with Gasteiger partial charge in [-0.05, 0) is 35.2 Å². The van der Waals surface area contributed by atoms with Gasteiger partial charge in [-0.3, -0.25) is 0 Å². The van der Waals surface area contributed by atoms with Crippen molar-refractivity contribution >= 4 is 21.5 Å². The Morgan fingerprint density at radius 3 is 2.74 bits per heavy atom. The molecule has 2 aromatic carbocycles. The van der Waals surface area contributed by atoms with E-state index in [2.05, 4.69) is 28.1 Å². The van der Waals surface area contributed by atoms with Crippen molar-refractivity contribution in [2.75, 3.05) is 0 Å². The summed E-state index contributed by atoms with van der Waals surface area (Å²) in [5, 5.41) is 10.3. The molecule has 1 aliphatic rings. The van der Waals surface area contributed by atoms with Crippen LogP contribution in [0.15, 0.2) is 42.0 Å². The van der Waals surface area contributed by atoms with E-state index < -0.39 is 0 Å². The van der Waals surface area contributed by atoms with E-state index in [1.54, 1.807) is 6.07 Å². The molecule has 0 aromatic heterocycles. The molecule has 1 heterocycles. The molecule has 0 aliphatic carbocycles. The van der Waals surface area contributed by atoms with Gasteiger partial charge in [0.25, 0.3) is 0 Å². The number of ether oxygens (including phenoxy) is 1. The second kappa shape index (κ2) is 6.55. The summed E-state index contributed by atoms with van der Waals surface area (Å²) < 4.78 is 19.4. The number of hydrogen-bond acceptors (Lipinski definition) is 2. The molecule has 0 spiro atoms. The lowest BCUT2D eigenvalue weighted by Crippen LogP contribution is -1.98. The third kappa shape index (κ3) is 2.89. The first-order valence-corrected chi connectivity index (χ1v) is 8.54. The minimum atomic E-state index is -0.342. The van der Waals surface area contributed by atoms with E-state index in [1.807, 2.05) is 19.1 Å². The highest BCUT2D eigenvalue weighted by Gasteiger charge is 2.22. The number of fused-ring (bicyclic) bond motifs is 2. The standard InChI is InChI=1S/C19H15BrFNO/c1-2-13(10-22)19-16-5-3-12(9-20)7-14(16)11-23-18-8-15(21)4-6-17(18)19/h3-8H,2,9,11H2,1H3/b19-13-. The Kier molecular flexibility index (Phi) is 4.49. The Balaban J connectivity index is 2.32. The largest absolute Gasteiger partial charge is 0.488 e. The highest BCUT2D eigenvalue weighted by atomic mass is 79.9. The van der Waals surface area contributed by atoms with Crippen LogP contribution < -0.4 is 4.74 Å². The van der Waals surface area contributed by atoms with Crippen LogP contribution in [0.1, 0.15) is 35.6 Å². The number of halogens is 2. The lowest BCUT2D eigenvalue weighted by molar-refractivity contribution is 0.305. The van der Waals surface area contributed by atoms with Gasteiger partial charge >= 0.3 is 0 Å². The molecule has 0 radical (unpaired) electrons. The molecule has 0 unspecified atom stereocenters. The smallest absolute Gasteiger partial charge is 0.130 e. The van der Waals surface area contributed by atoms with Crippen LogP contribution in [0.4, 0.5) is 4.39 Å². The van der Waals surface area contributed by atoms with Crippen molar-refractivity contribution in [2.24, 2.45) is 0 Å². The molecule has 1 aliphatic heterocycles. The number of allylic oxidation sites excluding steroid dienone is 1. The zero-order valence-electron chi connectivity index (χ0n) is 12.7. The predicted molar refractivity (Wildman–Crippen MR) is 91.7 cm³/mol. The SMILES string of the molecule is CC/C(C#N)=C1\c2ccc(CBr)cc2COc2cc(F)ccc21. The summed E-state index contributed by atoms with van der Waals surface area (Å²) >= 11 is 3.46. The Hall–Kier alpha value is -2.12. The van der Waals surface area contributed by atoms with Gasteiger partial charge in [0.05, 0.1) is 6.07 Å². The van der Waals surface area contributed by atoms with Crippen molar-refractivity contribution in [2.45, 2.75) is 25.3 Å². The molecule has 3 rings (SSSR count). The lowest BCUT2D eigenvalue weighted by Gasteiger charge is -2.13. The van der Waals surface area contributed by atoms with Gasteiger partial charge in [-0.1, -0.05) is 41.1 Å². The summed E-state index contributed by atoms with van der Waals surface area (Å²) in [6.45, 7) is 2.31. The summed E-state index contributed by atoms with van der Waals surface area (Å²) in [6.07, 6.45) is 0.613. The maximum atomic E-state index is 13.6. The fourth-order valence-electron chi connectivity index (χ4n) is 2.85. The van der Waals surface area contributed by atoms with Crippen molar-refractivity contribution < 1.29 is 9.13 Å². The molecule has 0 fully saturated rings. The van der Waals surface area contributed by atoms with Crippen LogP contribution in [0.5, 0.6) is 5.75 Å². The van der Waals surface area contributed by atoms with Crippen LogP contribution in [-0.2, 0) is 11.9 Å². The normalized spacial score (nSPS) is 14.9. The quantitative estimate of drug-likeness (QED) is 0.526. The Morgan fingerprint density at radius 2 is 2.04 bits per heavy atom. The van der Waals surface area contributed by atoms with Gasteiger partial charge in [-0.2, -0.15) is 5.26 Å². The molecule has 4 heteroatoms. The molecule has 23 heavy (non-hydrogen) atoms. The van der Waals surface area contributed by atoms with E-state index >= 15 is 0 Å². The van der Waals surface area contributed by atoms with Gasteiger partial charge in [-0.25, -0.2) is 4.39 Å². The molecule has 2 nitrogen and oxygen atoms in total. The van der Waals surface area contributed by atoms with Crippen LogP contribution in [-0.4, -0.2) is 0 Å². The zero-order valence-corrected chi connectivity index (χ0v) is 14.3. The molecule has 0 amide bonds. The van der Waals surface area contributed by atoms with Gasteiger partial charge < -0.3 is 4.74 Å². The topological polar surface area (TPSA) is 33.0 Å². The number of benzene rings is 2. The van der Waals surface area contributed by atoms with Crippen LogP contribution in [0.2, 0.25) is 0 Å². The van der Waals surface area contributed by atoms with E-state index in [0.29, 0.717) is 24.4 Å². The summed E-state index contributed by atoms with van der Waals surface area (Å²) in [7, 11) is 0. The van der Waals surface area contributed by atoms with Crippen LogP contribution >= 0.6 is 15.9 Å². The van der Waals surface area contributed by atoms with Crippen molar-refractivity contribution in [3.05, 3.63) is 70.0 Å². The molecule has 116 valence electrons. The Morgan fingerprint density at radius 1 is 1.26 bits per heavy atom. The van der Waals surface area contributed by atoms with Gasteiger partial charge in [-0.15, -0.1) is 0 Å². The summed E-state index contributed by atoms with van der Waals surface area (Å²) in [5.74, 6) is 0.142.